The van der Waals surface area contributed by atoms with Gasteiger partial charge in [-0.2, -0.15) is 5.26 Å². The molecular formula is C21H14N4O3. The number of nitriles is 1. The fourth-order valence-corrected chi connectivity index (χ4v) is 3.02. The van der Waals surface area contributed by atoms with E-state index in [0.29, 0.717) is 29.2 Å². The van der Waals surface area contributed by atoms with E-state index in [-0.39, 0.29) is 5.69 Å². The maximum atomic E-state index is 11.2. The first-order valence-electron chi connectivity index (χ1n) is 8.50. The Hall–Kier alpha value is -4.18. The zero-order valence-electron chi connectivity index (χ0n) is 14.6. The number of para-hydroxylation sites is 3. The van der Waals surface area contributed by atoms with E-state index in [9.17, 15) is 15.4 Å². The van der Waals surface area contributed by atoms with Crippen LogP contribution in [0.2, 0.25) is 0 Å². The summed E-state index contributed by atoms with van der Waals surface area (Å²) in [5.74, 6) is 0.832. The summed E-state index contributed by atoms with van der Waals surface area (Å²) in [5.41, 5.74) is 2.64. The number of hydrogen-bond acceptors (Lipinski definition) is 5. The molecular weight excluding hydrogens is 356 g/mol. The third kappa shape index (κ3) is 3.27. The van der Waals surface area contributed by atoms with E-state index in [2.05, 4.69) is 11.1 Å². The second-order valence-electron chi connectivity index (χ2n) is 6.12. The minimum atomic E-state index is -0.446. The van der Waals surface area contributed by atoms with Crippen LogP contribution in [0.5, 0.6) is 0 Å². The number of hydrogen-bond donors (Lipinski definition) is 0. The number of allylic oxidation sites excluding steroid dienone is 1. The Morgan fingerprint density at radius 1 is 1.18 bits per heavy atom. The van der Waals surface area contributed by atoms with E-state index < -0.39 is 4.92 Å². The molecule has 0 bridgehead atoms. The molecule has 7 heteroatoms. The molecule has 0 fully saturated rings. The molecule has 4 rings (SSSR count). The molecule has 0 saturated carbocycles. The summed E-state index contributed by atoms with van der Waals surface area (Å²) in [4.78, 5) is 15.1. The van der Waals surface area contributed by atoms with Gasteiger partial charge in [-0.25, -0.2) is 4.98 Å². The number of benzene rings is 2. The van der Waals surface area contributed by atoms with Crippen molar-refractivity contribution in [3.8, 4) is 17.4 Å². The van der Waals surface area contributed by atoms with Crippen LogP contribution >= 0.6 is 0 Å². The molecule has 0 atom stereocenters. The number of aromatic nitrogens is 2. The third-order valence-corrected chi connectivity index (χ3v) is 4.32. The molecule has 0 aliphatic rings. The standard InChI is InChI=1S/C21H14N4O3/c22-12-15(13-24-14-23-18-6-2-4-8-20(18)24)11-16-9-10-21(28-16)17-5-1-3-7-19(17)25(26)27/h1-11,14H,13H2/b15-11-. The van der Waals surface area contributed by atoms with Gasteiger partial charge in [-0.3, -0.25) is 10.1 Å². The minimum absolute atomic E-state index is 0.0298. The maximum Gasteiger partial charge on any atom is 0.280 e. The van der Waals surface area contributed by atoms with Gasteiger partial charge in [0.15, 0.2) is 0 Å². The lowest BCUT2D eigenvalue weighted by atomic mass is 10.1. The van der Waals surface area contributed by atoms with Crippen molar-refractivity contribution in [2.24, 2.45) is 0 Å². The first-order chi connectivity index (χ1) is 13.7. The van der Waals surface area contributed by atoms with Gasteiger partial charge in [0.05, 0.1) is 46.0 Å². The molecule has 2 aromatic heterocycles. The van der Waals surface area contributed by atoms with Crippen molar-refractivity contribution in [3.05, 3.63) is 88.4 Å². The van der Waals surface area contributed by atoms with E-state index >= 15 is 0 Å². The Morgan fingerprint density at radius 3 is 2.79 bits per heavy atom. The number of rotatable bonds is 5. The second-order valence-corrected chi connectivity index (χ2v) is 6.12. The normalized spacial score (nSPS) is 11.5. The third-order valence-electron chi connectivity index (χ3n) is 4.32. The van der Waals surface area contributed by atoms with E-state index in [1.807, 2.05) is 28.8 Å². The molecule has 0 saturated heterocycles. The SMILES string of the molecule is N#C/C(=C/c1ccc(-c2ccccc2[N+](=O)[O-])o1)Cn1cnc2ccccc21. The number of nitrogens with zero attached hydrogens (tertiary/aromatic N) is 4. The van der Waals surface area contributed by atoms with Gasteiger partial charge in [-0.05, 0) is 36.4 Å². The average Bonchev–Trinajstić information content (AvgIpc) is 3.35. The Labute approximate surface area is 159 Å². The summed E-state index contributed by atoms with van der Waals surface area (Å²) in [6.45, 7) is 0.346. The monoisotopic (exact) mass is 370 g/mol. The summed E-state index contributed by atoms with van der Waals surface area (Å²) in [6, 6.07) is 19.6. The molecule has 28 heavy (non-hydrogen) atoms. The van der Waals surface area contributed by atoms with Gasteiger partial charge in [0.1, 0.15) is 11.5 Å². The van der Waals surface area contributed by atoms with Crippen molar-refractivity contribution < 1.29 is 9.34 Å². The summed E-state index contributed by atoms with van der Waals surface area (Å²) in [7, 11) is 0. The van der Waals surface area contributed by atoms with Crippen LogP contribution in [0, 0.1) is 21.4 Å². The summed E-state index contributed by atoms with van der Waals surface area (Å²) >= 11 is 0. The van der Waals surface area contributed by atoms with E-state index in [1.54, 1.807) is 42.7 Å². The van der Waals surface area contributed by atoms with Crippen molar-refractivity contribution in [3.63, 3.8) is 0 Å². The molecule has 4 aromatic rings. The number of nitro groups is 1. The zero-order chi connectivity index (χ0) is 19.5. The van der Waals surface area contributed by atoms with Gasteiger partial charge in [0.2, 0.25) is 0 Å². The Balaban J connectivity index is 1.64. The molecule has 0 aliphatic carbocycles. The van der Waals surface area contributed by atoms with E-state index in [4.69, 9.17) is 4.42 Å². The Morgan fingerprint density at radius 2 is 1.96 bits per heavy atom. The summed E-state index contributed by atoms with van der Waals surface area (Å²) < 4.78 is 7.63. The first-order valence-corrected chi connectivity index (χ1v) is 8.50. The second kappa shape index (κ2) is 7.21. The molecule has 0 unspecified atom stereocenters. The molecule has 0 aliphatic heterocycles. The van der Waals surface area contributed by atoms with E-state index in [1.165, 1.54) is 6.07 Å². The predicted molar refractivity (Wildman–Crippen MR) is 104 cm³/mol. The Bertz CT molecular complexity index is 1240. The van der Waals surface area contributed by atoms with Crippen LogP contribution in [0.15, 0.2) is 77.0 Å². The number of fused-ring (bicyclic) bond motifs is 1. The lowest BCUT2D eigenvalue weighted by Crippen LogP contribution is -1.98. The predicted octanol–water partition coefficient (Wildman–Crippen LogP) is 4.81. The minimum Gasteiger partial charge on any atom is -0.456 e. The van der Waals surface area contributed by atoms with Gasteiger partial charge < -0.3 is 8.98 Å². The summed E-state index contributed by atoms with van der Waals surface area (Å²) in [5, 5.41) is 20.7. The lowest BCUT2D eigenvalue weighted by molar-refractivity contribution is -0.384. The van der Waals surface area contributed by atoms with Crippen LogP contribution in [0.25, 0.3) is 28.4 Å². The average molecular weight is 370 g/mol. The molecule has 7 nitrogen and oxygen atoms in total. The Kier molecular flexibility index (Phi) is 4.44. The van der Waals surface area contributed by atoms with Crippen molar-refractivity contribution in [2.75, 3.05) is 0 Å². The number of imidazole rings is 1. The van der Waals surface area contributed by atoms with Crippen molar-refractivity contribution >= 4 is 22.8 Å². The lowest BCUT2D eigenvalue weighted by Gasteiger charge is -2.02. The molecule has 0 amide bonds. The van der Waals surface area contributed by atoms with Crippen LogP contribution in [0.4, 0.5) is 5.69 Å². The highest BCUT2D eigenvalue weighted by Gasteiger charge is 2.17. The molecule has 0 spiro atoms. The topological polar surface area (TPSA) is 97.9 Å². The van der Waals surface area contributed by atoms with Gasteiger partial charge in [0, 0.05) is 6.07 Å². The van der Waals surface area contributed by atoms with Crippen LogP contribution in [-0.4, -0.2) is 14.5 Å². The first kappa shape index (κ1) is 17.2. The fourth-order valence-electron chi connectivity index (χ4n) is 3.02. The largest absolute Gasteiger partial charge is 0.456 e. The quantitative estimate of drug-likeness (QED) is 0.285. The van der Waals surface area contributed by atoms with Crippen LogP contribution in [0.3, 0.4) is 0 Å². The molecule has 136 valence electrons. The maximum absolute atomic E-state index is 11.2. The number of nitro benzene ring substituents is 1. The van der Waals surface area contributed by atoms with Gasteiger partial charge >= 0.3 is 0 Å². The van der Waals surface area contributed by atoms with Crippen LogP contribution < -0.4 is 0 Å². The summed E-state index contributed by atoms with van der Waals surface area (Å²) in [6.07, 6.45) is 3.32. The molecule has 2 heterocycles. The van der Waals surface area contributed by atoms with Crippen LogP contribution in [-0.2, 0) is 6.54 Å². The highest BCUT2D eigenvalue weighted by atomic mass is 16.6. The van der Waals surface area contributed by atoms with Crippen LogP contribution in [0.1, 0.15) is 5.76 Å². The zero-order valence-corrected chi connectivity index (χ0v) is 14.6. The van der Waals surface area contributed by atoms with Crippen molar-refractivity contribution in [2.45, 2.75) is 6.54 Å². The molecule has 0 radical (unpaired) electrons. The van der Waals surface area contributed by atoms with Crippen molar-refractivity contribution in [1.29, 1.82) is 5.26 Å². The van der Waals surface area contributed by atoms with E-state index in [0.717, 1.165) is 11.0 Å². The fraction of sp³-hybridized carbons (Fsp3) is 0.0476. The number of furan rings is 1. The molecule has 0 N–H and O–H groups in total. The molecule has 2 aromatic carbocycles. The van der Waals surface area contributed by atoms with Gasteiger partial charge in [-0.15, -0.1) is 0 Å². The van der Waals surface area contributed by atoms with Gasteiger partial charge in [-0.1, -0.05) is 24.3 Å². The van der Waals surface area contributed by atoms with Gasteiger partial charge in [0.25, 0.3) is 5.69 Å². The smallest absolute Gasteiger partial charge is 0.280 e. The highest BCUT2D eigenvalue weighted by molar-refractivity contribution is 5.75. The highest BCUT2D eigenvalue weighted by Crippen LogP contribution is 2.31. The van der Waals surface area contributed by atoms with Crippen molar-refractivity contribution in [1.82, 2.24) is 9.55 Å².